The largest absolute Gasteiger partial charge is 0.398 e. The molecule has 7 heteroatoms. The molecule has 0 saturated carbocycles. The standard InChI is InChI=1S/C13H13BrN2O2S2/c1-16-20(17,18)11-6-7-13(12(15)8-11)19-10-4-2-9(14)3-5-10/h2-8,16H,15H2,1H3. The van der Waals surface area contributed by atoms with E-state index in [4.69, 9.17) is 5.73 Å². The van der Waals surface area contributed by atoms with Gasteiger partial charge in [-0.15, -0.1) is 0 Å². The van der Waals surface area contributed by atoms with Crippen LogP contribution in [-0.4, -0.2) is 15.5 Å². The number of hydrogen-bond donors (Lipinski definition) is 2. The lowest BCUT2D eigenvalue weighted by molar-refractivity contribution is 0.588. The Labute approximate surface area is 130 Å². The van der Waals surface area contributed by atoms with Crippen molar-refractivity contribution in [2.45, 2.75) is 14.7 Å². The second-order valence-electron chi connectivity index (χ2n) is 3.96. The van der Waals surface area contributed by atoms with Crippen LogP contribution in [-0.2, 0) is 10.0 Å². The first-order valence-corrected chi connectivity index (χ1v) is 8.78. The Bertz CT molecular complexity index is 716. The van der Waals surface area contributed by atoms with Gasteiger partial charge in [0.2, 0.25) is 10.0 Å². The fourth-order valence-corrected chi connectivity index (χ4v) is 3.40. The molecule has 106 valence electrons. The minimum Gasteiger partial charge on any atom is -0.398 e. The lowest BCUT2D eigenvalue weighted by Crippen LogP contribution is -2.18. The van der Waals surface area contributed by atoms with E-state index in [0.717, 1.165) is 14.3 Å². The highest BCUT2D eigenvalue weighted by molar-refractivity contribution is 9.10. The van der Waals surface area contributed by atoms with Gasteiger partial charge in [-0.1, -0.05) is 27.7 Å². The third-order valence-electron chi connectivity index (χ3n) is 2.60. The number of nitrogens with one attached hydrogen (secondary N) is 1. The zero-order chi connectivity index (χ0) is 14.8. The zero-order valence-corrected chi connectivity index (χ0v) is 13.8. The van der Waals surface area contributed by atoms with E-state index in [9.17, 15) is 8.42 Å². The molecule has 20 heavy (non-hydrogen) atoms. The van der Waals surface area contributed by atoms with Crippen LogP contribution >= 0.6 is 27.7 Å². The van der Waals surface area contributed by atoms with Crippen molar-refractivity contribution in [3.8, 4) is 0 Å². The number of halogens is 1. The molecule has 0 fully saturated rings. The van der Waals surface area contributed by atoms with Gasteiger partial charge in [0.05, 0.1) is 4.90 Å². The maximum Gasteiger partial charge on any atom is 0.240 e. The second-order valence-corrected chi connectivity index (χ2v) is 7.88. The van der Waals surface area contributed by atoms with Crippen molar-refractivity contribution in [1.29, 1.82) is 0 Å². The van der Waals surface area contributed by atoms with Gasteiger partial charge in [0.25, 0.3) is 0 Å². The molecule has 0 aliphatic carbocycles. The van der Waals surface area contributed by atoms with Crippen molar-refractivity contribution in [3.63, 3.8) is 0 Å². The van der Waals surface area contributed by atoms with Crippen LogP contribution in [0.3, 0.4) is 0 Å². The minimum absolute atomic E-state index is 0.164. The molecule has 0 atom stereocenters. The van der Waals surface area contributed by atoms with E-state index in [1.807, 2.05) is 24.3 Å². The van der Waals surface area contributed by atoms with Crippen LogP contribution in [0, 0.1) is 0 Å². The van der Waals surface area contributed by atoms with Gasteiger partial charge >= 0.3 is 0 Å². The molecule has 0 amide bonds. The Hall–Kier alpha value is -1.02. The second kappa shape index (κ2) is 6.17. The number of nitrogens with two attached hydrogens (primary N) is 1. The summed E-state index contributed by atoms with van der Waals surface area (Å²) in [5, 5.41) is 0. The van der Waals surface area contributed by atoms with E-state index in [0.29, 0.717) is 5.69 Å². The van der Waals surface area contributed by atoms with Gasteiger partial charge in [0.1, 0.15) is 0 Å². The van der Waals surface area contributed by atoms with Gasteiger partial charge in [0, 0.05) is 20.0 Å². The van der Waals surface area contributed by atoms with Crippen LogP contribution in [0.4, 0.5) is 5.69 Å². The van der Waals surface area contributed by atoms with Gasteiger partial charge in [-0.05, 0) is 49.5 Å². The van der Waals surface area contributed by atoms with Crippen LogP contribution in [0.15, 0.2) is 61.6 Å². The van der Waals surface area contributed by atoms with Crippen molar-refractivity contribution in [2.24, 2.45) is 0 Å². The van der Waals surface area contributed by atoms with Crippen LogP contribution in [0.1, 0.15) is 0 Å². The van der Waals surface area contributed by atoms with Crippen molar-refractivity contribution in [2.75, 3.05) is 12.8 Å². The van der Waals surface area contributed by atoms with E-state index < -0.39 is 10.0 Å². The smallest absolute Gasteiger partial charge is 0.240 e. The molecule has 0 aromatic heterocycles. The zero-order valence-electron chi connectivity index (χ0n) is 10.6. The summed E-state index contributed by atoms with van der Waals surface area (Å²) >= 11 is 4.87. The maximum atomic E-state index is 11.7. The topological polar surface area (TPSA) is 72.2 Å². The molecule has 2 aromatic carbocycles. The summed E-state index contributed by atoms with van der Waals surface area (Å²) in [6.07, 6.45) is 0. The molecular weight excluding hydrogens is 360 g/mol. The van der Waals surface area contributed by atoms with Crippen molar-refractivity contribution < 1.29 is 8.42 Å². The predicted octanol–water partition coefficient (Wildman–Crippen LogP) is 3.09. The molecule has 0 radical (unpaired) electrons. The summed E-state index contributed by atoms with van der Waals surface area (Å²) < 4.78 is 26.6. The number of nitrogen functional groups attached to an aromatic ring is 1. The average Bonchev–Trinajstić information content (AvgIpc) is 2.43. The average molecular weight is 373 g/mol. The summed E-state index contributed by atoms with van der Waals surface area (Å²) in [6, 6.07) is 12.5. The van der Waals surface area contributed by atoms with E-state index >= 15 is 0 Å². The van der Waals surface area contributed by atoms with Crippen LogP contribution in [0.5, 0.6) is 0 Å². The minimum atomic E-state index is -3.46. The molecular formula is C13H13BrN2O2S2. The molecule has 0 spiro atoms. The number of anilines is 1. The van der Waals surface area contributed by atoms with Crippen LogP contribution in [0.25, 0.3) is 0 Å². The predicted molar refractivity (Wildman–Crippen MR) is 85.4 cm³/mol. The first kappa shape index (κ1) is 15.4. The van der Waals surface area contributed by atoms with Gasteiger partial charge in [-0.3, -0.25) is 0 Å². The van der Waals surface area contributed by atoms with E-state index in [-0.39, 0.29) is 4.90 Å². The Kier molecular flexibility index (Phi) is 4.74. The highest BCUT2D eigenvalue weighted by atomic mass is 79.9. The highest BCUT2D eigenvalue weighted by Gasteiger charge is 2.13. The first-order chi connectivity index (χ1) is 9.42. The summed E-state index contributed by atoms with van der Waals surface area (Å²) in [5.74, 6) is 0. The number of rotatable bonds is 4. The van der Waals surface area contributed by atoms with Gasteiger partial charge < -0.3 is 5.73 Å². The fraction of sp³-hybridized carbons (Fsp3) is 0.0769. The Morgan fingerprint density at radius 3 is 2.35 bits per heavy atom. The Morgan fingerprint density at radius 1 is 1.15 bits per heavy atom. The summed E-state index contributed by atoms with van der Waals surface area (Å²) in [7, 11) is -2.09. The van der Waals surface area contributed by atoms with Crippen molar-refractivity contribution in [3.05, 3.63) is 46.9 Å². The molecule has 4 nitrogen and oxygen atoms in total. The lowest BCUT2D eigenvalue weighted by Gasteiger charge is -2.08. The Balaban J connectivity index is 2.29. The Morgan fingerprint density at radius 2 is 1.80 bits per heavy atom. The molecule has 2 aromatic rings. The number of benzene rings is 2. The van der Waals surface area contributed by atoms with Gasteiger partial charge in [-0.2, -0.15) is 0 Å². The fourth-order valence-electron chi connectivity index (χ4n) is 1.53. The monoisotopic (exact) mass is 372 g/mol. The summed E-state index contributed by atoms with van der Waals surface area (Å²) in [5.41, 5.74) is 6.37. The number of sulfonamides is 1. The van der Waals surface area contributed by atoms with E-state index in [1.165, 1.54) is 24.9 Å². The normalized spacial score (nSPS) is 11.5. The van der Waals surface area contributed by atoms with Crippen LogP contribution in [0.2, 0.25) is 0 Å². The summed E-state index contributed by atoms with van der Waals surface area (Å²) in [6.45, 7) is 0. The van der Waals surface area contributed by atoms with Crippen LogP contribution < -0.4 is 10.5 Å². The lowest BCUT2D eigenvalue weighted by atomic mass is 10.3. The third kappa shape index (κ3) is 3.54. The van der Waals surface area contributed by atoms with Crippen molar-refractivity contribution >= 4 is 43.4 Å². The summed E-state index contributed by atoms with van der Waals surface area (Å²) in [4.78, 5) is 2.02. The van der Waals surface area contributed by atoms with E-state index in [2.05, 4.69) is 20.7 Å². The highest BCUT2D eigenvalue weighted by Crippen LogP contribution is 2.33. The SMILES string of the molecule is CNS(=O)(=O)c1ccc(Sc2ccc(Br)cc2)c(N)c1. The molecule has 0 aliphatic rings. The maximum absolute atomic E-state index is 11.7. The van der Waals surface area contributed by atoms with E-state index in [1.54, 1.807) is 12.1 Å². The van der Waals surface area contributed by atoms with Gasteiger partial charge in [0.15, 0.2) is 0 Å². The number of hydrogen-bond acceptors (Lipinski definition) is 4. The first-order valence-electron chi connectivity index (χ1n) is 5.69. The molecule has 0 bridgehead atoms. The van der Waals surface area contributed by atoms with Crippen molar-refractivity contribution in [1.82, 2.24) is 4.72 Å². The molecule has 0 aliphatic heterocycles. The molecule has 0 saturated heterocycles. The molecule has 0 heterocycles. The quantitative estimate of drug-likeness (QED) is 0.808. The molecule has 3 N–H and O–H groups in total. The van der Waals surface area contributed by atoms with Gasteiger partial charge in [-0.25, -0.2) is 13.1 Å². The molecule has 2 rings (SSSR count). The molecule has 0 unspecified atom stereocenters. The third-order valence-corrected chi connectivity index (χ3v) is 5.64.